The van der Waals surface area contributed by atoms with Crippen LogP contribution < -0.4 is 4.72 Å². The lowest BCUT2D eigenvalue weighted by Gasteiger charge is -2.15. The Bertz CT molecular complexity index is 934. The van der Waals surface area contributed by atoms with Crippen LogP contribution in [-0.2, 0) is 20.0 Å². The van der Waals surface area contributed by atoms with E-state index in [-0.39, 0.29) is 16.0 Å². The highest BCUT2D eigenvalue weighted by molar-refractivity contribution is 7.92. The molecule has 2 N–H and O–H groups in total. The molecule has 9 heteroatoms. The minimum atomic E-state index is -3.80. The summed E-state index contributed by atoms with van der Waals surface area (Å²) in [7, 11) is -4.57. The quantitative estimate of drug-likeness (QED) is 0.866. The van der Waals surface area contributed by atoms with Crippen LogP contribution >= 0.6 is 0 Å². The number of sulfonamides is 2. The van der Waals surface area contributed by atoms with Crippen LogP contribution in [0, 0.1) is 0 Å². The number of phenolic OH excluding ortho intramolecular Hbond substituents is 1. The lowest BCUT2D eigenvalue weighted by Crippen LogP contribution is -2.22. The van der Waals surface area contributed by atoms with Crippen LogP contribution in [0.5, 0.6) is 5.75 Å². The van der Waals surface area contributed by atoms with E-state index in [2.05, 4.69) is 4.72 Å². The minimum absolute atomic E-state index is 0.235. The molecule has 0 radical (unpaired) electrons. The fourth-order valence-corrected chi connectivity index (χ4v) is 3.58. The fraction of sp³-hybridized carbons (Fsp3) is 0.231. The maximum atomic E-state index is 12.2. The first kappa shape index (κ1) is 16.5. The molecular weight excluding hydrogens is 328 g/mol. The second-order valence-corrected chi connectivity index (χ2v) is 8.84. The number of hydrogen-bond acceptors (Lipinski definition) is 5. The first-order valence-electron chi connectivity index (χ1n) is 6.19. The van der Waals surface area contributed by atoms with Gasteiger partial charge in [0.15, 0.2) is 0 Å². The fourth-order valence-electron chi connectivity index (χ4n) is 2.02. The van der Waals surface area contributed by atoms with Gasteiger partial charge in [0.25, 0.3) is 0 Å². The molecule has 0 saturated heterocycles. The molecular formula is C13H16N2O5S2. The summed E-state index contributed by atoms with van der Waals surface area (Å²) in [4.78, 5) is -0.235. The van der Waals surface area contributed by atoms with Crippen LogP contribution in [0.1, 0.15) is 0 Å². The Morgan fingerprint density at radius 2 is 1.64 bits per heavy atom. The lowest BCUT2D eigenvalue weighted by atomic mass is 10.1. The summed E-state index contributed by atoms with van der Waals surface area (Å²) >= 11 is 0. The molecule has 0 fully saturated rings. The van der Waals surface area contributed by atoms with E-state index in [4.69, 9.17) is 0 Å². The van der Waals surface area contributed by atoms with E-state index in [9.17, 15) is 21.9 Å². The highest BCUT2D eigenvalue weighted by atomic mass is 32.2. The van der Waals surface area contributed by atoms with Gasteiger partial charge >= 0.3 is 0 Å². The number of benzene rings is 2. The molecule has 2 rings (SSSR count). The molecule has 0 aliphatic carbocycles. The number of hydrogen-bond donors (Lipinski definition) is 2. The lowest BCUT2D eigenvalue weighted by molar-refractivity contribution is 0.458. The average Bonchev–Trinajstić information content (AvgIpc) is 2.37. The summed E-state index contributed by atoms with van der Waals surface area (Å²) in [6, 6.07) is 7.29. The summed E-state index contributed by atoms with van der Waals surface area (Å²) in [6.07, 6.45) is 1.01. The van der Waals surface area contributed by atoms with Crippen molar-refractivity contribution in [2.24, 2.45) is 0 Å². The van der Waals surface area contributed by atoms with Crippen molar-refractivity contribution in [1.29, 1.82) is 0 Å². The smallest absolute Gasteiger partial charge is 0.246 e. The van der Waals surface area contributed by atoms with Crippen molar-refractivity contribution >= 4 is 36.5 Å². The van der Waals surface area contributed by atoms with Crippen LogP contribution in [0.25, 0.3) is 10.8 Å². The van der Waals surface area contributed by atoms with Gasteiger partial charge in [0.05, 0.1) is 11.9 Å². The van der Waals surface area contributed by atoms with Gasteiger partial charge in [0.1, 0.15) is 10.6 Å². The molecule has 0 amide bonds. The molecule has 0 aliphatic rings. The van der Waals surface area contributed by atoms with Crippen molar-refractivity contribution in [3.8, 4) is 5.75 Å². The highest BCUT2D eigenvalue weighted by Gasteiger charge is 2.23. The van der Waals surface area contributed by atoms with Gasteiger partial charge in [0.2, 0.25) is 20.0 Å². The van der Waals surface area contributed by atoms with Gasteiger partial charge in [-0.1, -0.05) is 18.2 Å². The first-order chi connectivity index (χ1) is 10.0. The van der Waals surface area contributed by atoms with Crippen molar-refractivity contribution in [1.82, 2.24) is 4.31 Å². The normalized spacial score (nSPS) is 12.7. The van der Waals surface area contributed by atoms with Crippen molar-refractivity contribution in [2.75, 3.05) is 25.1 Å². The van der Waals surface area contributed by atoms with Gasteiger partial charge in [-0.3, -0.25) is 4.72 Å². The highest BCUT2D eigenvalue weighted by Crippen LogP contribution is 2.36. The average molecular weight is 344 g/mol. The monoisotopic (exact) mass is 344 g/mol. The molecule has 2 aromatic carbocycles. The predicted octanol–water partition coefficient (Wildman–Crippen LogP) is 1.17. The maximum Gasteiger partial charge on any atom is 0.246 e. The number of anilines is 1. The number of nitrogens with zero attached hydrogens (tertiary/aromatic N) is 1. The largest absolute Gasteiger partial charge is 0.506 e. The topological polar surface area (TPSA) is 104 Å². The van der Waals surface area contributed by atoms with Crippen LogP contribution in [0.3, 0.4) is 0 Å². The standard InChI is InChI=1S/C13H16N2O5S2/c1-15(2)22(19,20)12-8-7-9-10(13(12)16)5-4-6-11(9)14-21(3,17)18/h4-8,14,16H,1-3H3. The van der Waals surface area contributed by atoms with E-state index in [1.165, 1.54) is 44.4 Å². The molecule has 0 unspecified atom stereocenters. The molecule has 0 spiro atoms. The summed E-state index contributed by atoms with van der Waals surface area (Å²) < 4.78 is 50.4. The van der Waals surface area contributed by atoms with E-state index in [1.54, 1.807) is 0 Å². The Kier molecular flexibility index (Phi) is 4.07. The zero-order chi connectivity index (χ0) is 16.7. The molecule has 120 valence electrons. The van der Waals surface area contributed by atoms with Crippen LogP contribution in [0.2, 0.25) is 0 Å². The van der Waals surface area contributed by atoms with Gasteiger partial charge in [-0.15, -0.1) is 0 Å². The van der Waals surface area contributed by atoms with Crippen LogP contribution in [-0.4, -0.2) is 46.6 Å². The Balaban J connectivity index is 2.74. The Morgan fingerprint density at radius 3 is 2.18 bits per heavy atom. The van der Waals surface area contributed by atoms with Gasteiger partial charge in [-0.2, -0.15) is 0 Å². The molecule has 7 nitrogen and oxygen atoms in total. The van der Waals surface area contributed by atoms with Gasteiger partial charge in [0, 0.05) is 24.9 Å². The van der Waals surface area contributed by atoms with E-state index in [1.807, 2.05) is 0 Å². The Hall–Kier alpha value is -1.84. The molecule has 0 saturated carbocycles. The third kappa shape index (κ3) is 3.01. The SMILES string of the molecule is CN(C)S(=O)(=O)c1ccc2c(NS(C)(=O)=O)cccc2c1O. The van der Waals surface area contributed by atoms with Crippen molar-refractivity contribution in [3.63, 3.8) is 0 Å². The van der Waals surface area contributed by atoms with E-state index in [0.29, 0.717) is 5.39 Å². The van der Waals surface area contributed by atoms with Gasteiger partial charge in [-0.25, -0.2) is 21.1 Å². The van der Waals surface area contributed by atoms with Crippen LogP contribution in [0.15, 0.2) is 35.2 Å². The Labute approximate surface area is 129 Å². The van der Waals surface area contributed by atoms with Gasteiger partial charge < -0.3 is 5.11 Å². The molecule has 0 heterocycles. The Morgan fingerprint density at radius 1 is 1.00 bits per heavy atom. The third-order valence-corrected chi connectivity index (χ3v) is 5.49. The molecule has 0 bridgehead atoms. The summed E-state index contributed by atoms with van der Waals surface area (Å²) in [5, 5.41) is 10.9. The van der Waals surface area contributed by atoms with Crippen molar-refractivity contribution in [2.45, 2.75) is 4.90 Å². The molecule has 2 aromatic rings. The number of rotatable bonds is 4. The number of phenols is 1. The number of nitrogens with one attached hydrogen (secondary N) is 1. The number of fused-ring (bicyclic) bond motifs is 1. The minimum Gasteiger partial charge on any atom is -0.506 e. The number of aromatic hydroxyl groups is 1. The maximum absolute atomic E-state index is 12.2. The summed E-state index contributed by atoms with van der Waals surface area (Å²) in [5.74, 6) is -0.414. The van der Waals surface area contributed by atoms with E-state index < -0.39 is 25.8 Å². The second-order valence-electron chi connectivity index (χ2n) is 4.97. The summed E-state index contributed by atoms with van der Waals surface area (Å²) in [6.45, 7) is 0. The first-order valence-corrected chi connectivity index (χ1v) is 9.52. The molecule has 0 aromatic heterocycles. The molecule has 22 heavy (non-hydrogen) atoms. The van der Waals surface area contributed by atoms with Crippen molar-refractivity contribution in [3.05, 3.63) is 30.3 Å². The van der Waals surface area contributed by atoms with Gasteiger partial charge in [-0.05, 0) is 12.1 Å². The zero-order valence-corrected chi connectivity index (χ0v) is 13.9. The summed E-state index contributed by atoms with van der Waals surface area (Å²) in [5.41, 5.74) is 0.268. The van der Waals surface area contributed by atoms with Crippen LogP contribution in [0.4, 0.5) is 5.69 Å². The predicted molar refractivity (Wildman–Crippen MR) is 85.0 cm³/mol. The van der Waals surface area contributed by atoms with Crippen molar-refractivity contribution < 1.29 is 21.9 Å². The van der Waals surface area contributed by atoms with E-state index >= 15 is 0 Å². The molecule has 0 aliphatic heterocycles. The zero-order valence-electron chi connectivity index (χ0n) is 12.2. The van der Waals surface area contributed by atoms with E-state index in [0.717, 1.165) is 10.6 Å². The molecule has 0 atom stereocenters. The third-order valence-electron chi connectivity index (χ3n) is 3.05. The second kappa shape index (κ2) is 5.41.